The number of fused-ring (bicyclic) bond motifs is 5. The van der Waals surface area contributed by atoms with Gasteiger partial charge in [-0.3, -0.25) is 32.7 Å². The van der Waals surface area contributed by atoms with Gasteiger partial charge in [0.05, 0.1) is 55.3 Å². The molecule has 5 aliphatic rings. The van der Waals surface area contributed by atoms with Gasteiger partial charge in [0.2, 0.25) is 11.9 Å². The van der Waals surface area contributed by atoms with Gasteiger partial charge in [0.25, 0.3) is 5.91 Å². The van der Waals surface area contributed by atoms with Crippen molar-refractivity contribution in [1.29, 1.82) is 0 Å². The van der Waals surface area contributed by atoms with Crippen LogP contribution in [-0.4, -0.2) is 109 Å². The Kier molecular flexibility index (Phi) is 19.2. The van der Waals surface area contributed by atoms with Gasteiger partial charge in [0.15, 0.2) is 18.2 Å². The quantitative estimate of drug-likeness (QED) is 0.0266. The fraction of sp³-hybridized carbons (Fsp3) is 0.418. The molecule has 4 aliphatic carbocycles. The fourth-order valence-electron chi connectivity index (χ4n) is 12.8. The first kappa shape index (κ1) is 64.1. The third-order valence-electron chi connectivity index (χ3n) is 17.7. The highest BCUT2D eigenvalue weighted by Gasteiger charge is 2.79. The summed E-state index contributed by atoms with van der Waals surface area (Å²) >= 11 is 0. The molecule has 22 heteroatoms. The van der Waals surface area contributed by atoms with Crippen LogP contribution in [0.2, 0.25) is 0 Å². The van der Waals surface area contributed by atoms with Gasteiger partial charge >= 0.3 is 37.9 Å². The number of aliphatic hydroxyl groups is 1. The first-order valence-electron chi connectivity index (χ1n) is 29.6. The monoisotopic (exact) mass is 1240 g/mol. The van der Waals surface area contributed by atoms with Crippen LogP contribution in [0.25, 0.3) is 0 Å². The number of ether oxygens (including phenoxy) is 8. The number of carbonyl (C=O) groups excluding carboxylic acids is 7. The van der Waals surface area contributed by atoms with Crippen LogP contribution in [0.15, 0.2) is 163 Å². The number of benzene rings is 5. The Morgan fingerprint density at radius 2 is 1.31 bits per heavy atom. The minimum Gasteiger partial charge on any atom is -0.459 e. The molecule has 2 bridgehead atoms. The van der Waals surface area contributed by atoms with Crippen LogP contribution in [0.4, 0.5) is 4.79 Å². The number of rotatable bonds is 23. The number of phosphoric acid groups is 1. The lowest BCUT2D eigenvalue weighted by molar-refractivity contribution is -0.351. The van der Waals surface area contributed by atoms with E-state index in [2.05, 4.69) is 5.32 Å². The van der Waals surface area contributed by atoms with E-state index in [-0.39, 0.29) is 42.9 Å². The Labute approximate surface area is 515 Å². The number of amides is 1. The summed E-state index contributed by atoms with van der Waals surface area (Å²) < 4.78 is 82.5. The zero-order chi connectivity index (χ0) is 63.3. The summed E-state index contributed by atoms with van der Waals surface area (Å²) in [5.41, 5.74) is -6.82. The van der Waals surface area contributed by atoms with Gasteiger partial charge in [-0.25, -0.2) is 18.9 Å². The van der Waals surface area contributed by atoms with Crippen LogP contribution in [0, 0.1) is 28.6 Å². The van der Waals surface area contributed by atoms with E-state index in [1.54, 1.807) is 160 Å². The van der Waals surface area contributed by atoms with Gasteiger partial charge in [0.1, 0.15) is 30.0 Å². The van der Waals surface area contributed by atoms with Crippen molar-refractivity contribution in [3.63, 3.8) is 0 Å². The largest absolute Gasteiger partial charge is 0.509 e. The highest BCUT2D eigenvalue weighted by atomic mass is 31.2. The number of hydrogen-bond acceptors (Lipinski definition) is 20. The lowest BCUT2D eigenvalue weighted by Crippen LogP contribution is -2.81. The smallest absolute Gasteiger partial charge is 0.459 e. The predicted molar refractivity (Wildman–Crippen MR) is 315 cm³/mol. The van der Waals surface area contributed by atoms with Crippen molar-refractivity contribution in [2.45, 2.75) is 128 Å². The van der Waals surface area contributed by atoms with Crippen LogP contribution in [-0.2, 0) is 88.4 Å². The second-order valence-electron chi connectivity index (χ2n) is 23.6. The summed E-state index contributed by atoms with van der Waals surface area (Å²) in [5.74, 6) is -9.55. The highest BCUT2D eigenvalue weighted by Crippen LogP contribution is 2.66. The number of allylic oxidation sites excluding steroid dienone is 1. The van der Waals surface area contributed by atoms with Gasteiger partial charge in [0, 0.05) is 36.7 Å². The molecule has 10 rings (SSSR count). The van der Waals surface area contributed by atoms with Crippen molar-refractivity contribution in [3.05, 3.63) is 191 Å². The lowest BCUT2D eigenvalue weighted by Gasteiger charge is -2.67. The molecule has 470 valence electrons. The average Bonchev–Trinajstić information content (AvgIpc) is 0.942. The molecule has 1 saturated heterocycles. The van der Waals surface area contributed by atoms with E-state index in [1.165, 1.54) is 26.0 Å². The molecule has 3 unspecified atom stereocenters. The molecular formula is C67H72NO20P. The molecule has 0 aromatic heterocycles. The molecule has 11 atom stereocenters. The van der Waals surface area contributed by atoms with Gasteiger partial charge in [-0.2, -0.15) is 0 Å². The van der Waals surface area contributed by atoms with Crippen molar-refractivity contribution in [2.75, 3.05) is 20.0 Å². The lowest BCUT2D eigenvalue weighted by atomic mass is 9.45. The molecular weight excluding hydrogens is 1170 g/mol. The van der Waals surface area contributed by atoms with E-state index in [1.807, 2.05) is 0 Å². The second kappa shape index (κ2) is 26.7. The molecule has 3 saturated carbocycles. The predicted octanol–water partition coefficient (Wildman–Crippen LogP) is 10.1. The Hall–Kier alpha value is -7.88. The van der Waals surface area contributed by atoms with E-state index >= 15 is 14.4 Å². The van der Waals surface area contributed by atoms with Crippen molar-refractivity contribution < 1.29 is 94.7 Å². The average molecular weight is 1240 g/mol. The topological polar surface area (TPSA) is 270 Å². The normalized spacial score (nSPS) is 26.6. The summed E-state index contributed by atoms with van der Waals surface area (Å²) in [7, 11) is -4.58. The van der Waals surface area contributed by atoms with Crippen molar-refractivity contribution >= 4 is 49.5 Å². The van der Waals surface area contributed by atoms with E-state index in [0.717, 1.165) is 6.92 Å². The molecule has 1 heterocycles. The van der Waals surface area contributed by atoms with Crippen molar-refractivity contribution in [3.8, 4) is 0 Å². The molecule has 21 nitrogen and oxygen atoms in total. The van der Waals surface area contributed by atoms with E-state index in [9.17, 15) is 28.8 Å². The third-order valence-corrected chi connectivity index (χ3v) is 19.0. The Balaban J connectivity index is 1.11. The molecule has 1 aliphatic heterocycles. The van der Waals surface area contributed by atoms with Crippen LogP contribution >= 0.6 is 7.82 Å². The number of carbonyl (C=O) groups is 7. The number of hydrogen-bond donors (Lipinski definition) is 2. The third kappa shape index (κ3) is 13.2. The molecule has 0 spiro atoms. The number of esters is 4. The number of Topliss-reactive ketones (excluding diaryl/α,β-unsaturated/α-hetero) is 1. The van der Waals surface area contributed by atoms with Gasteiger partial charge < -0.3 is 48.3 Å². The van der Waals surface area contributed by atoms with E-state index in [4.69, 9.17) is 51.5 Å². The summed E-state index contributed by atoms with van der Waals surface area (Å²) in [6, 6.07) is 40.3. The molecule has 1 amide bonds. The number of ketones is 1. The molecule has 5 aromatic carbocycles. The number of nitrogens with one attached hydrogen (secondary N) is 1. The van der Waals surface area contributed by atoms with Crippen molar-refractivity contribution in [1.82, 2.24) is 5.32 Å². The summed E-state index contributed by atoms with van der Waals surface area (Å²) in [5, 5.41) is 17.3. The minimum absolute atomic E-state index is 0.0141. The summed E-state index contributed by atoms with van der Waals surface area (Å²) in [6.45, 7) is 6.86. The zero-order valence-corrected chi connectivity index (χ0v) is 51.0. The highest BCUT2D eigenvalue weighted by molar-refractivity contribution is 7.48. The molecule has 4 fully saturated rings. The Bertz CT molecular complexity index is 3430. The van der Waals surface area contributed by atoms with Crippen molar-refractivity contribution in [2.24, 2.45) is 28.6 Å². The maximum absolute atomic E-state index is 16.8. The minimum atomic E-state index is -4.58. The zero-order valence-electron chi connectivity index (χ0n) is 50.1. The Morgan fingerprint density at radius 3 is 1.85 bits per heavy atom. The van der Waals surface area contributed by atoms with Gasteiger partial charge in [-0.05, 0) is 73.2 Å². The molecule has 2 N–H and O–H groups in total. The van der Waals surface area contributed by atoms with Crippen LogP contribution in [0.1, 0.15) is 111 Å². The summed E-state index contributed by atoms with van der Waals surface area (Å²) in [6.07, 6.45) is -9.41. The summed E-state index contributed by atoms with van der Waals surface area (Å²) in [4.78, 5) is 103. The maximum atomic E-state index is 16.8. The SMILES string of the molecule is CCOC(=O)O[C@@H](C(=O)OC1C[C@@]2(O)[C@@H](OC(=O)c3ccccc3)C3[C@](C)(C(=O)C(OC(C)=O)=C(C1C)C2(C)C)[C@@H](OCOP(=O)(OCc1ccccc1)OCc1ccccc1)C[C@H]1OC[C@@]31OC(=O)C1CC1)[C@@H](NC(=O)c1ccccc1)c1ccccc1. The van der Waals surface area contributed by atoms with Crippen LogP contribution < -0.4 is 5.32 Å². The van der Waals surface area contributed by atoms with E-state index < -0.39 is 151 Å². The fourth-order valence-corrected chi connectivity index (χ4v) is 13.9. The van der Waals surface area contributed by atoms with Crippen LogP contribution in [0.5, 0.6) is 0 Å². The van der Waals surface area contributed by atoms with Gasteiger partial charge in [-0.15, -0.1) is 0 Å². The standard InChI is InChI=1S/C67H72NO20P/c1-7-78-63(75)86-55(53(45-27-17-10-18-28-45)68-59(71)46-29-19-11-20-30-46)62(74)85-49-36-67(76)58(87-60(72)47-31-21-12-22-32-47)56-65(6,57(70)54(84-42(3)69)52(41(49)2)64(67,4)5)50(35-51-66(56,39-79-51)88-61(73)48-33-34-48)80-40-83-89(77,81-37-43-23-13-8-14-24-43)82-38-44-25-15-9-16-26-44/h8-32,41,48-51,53,55-56,58,76H,7,33-40H2,1-6H3,(H,68,71)/t41?,49?,50-,51+,53-,55+,56?,58-,65+,66-,67+/m0/s1. The molecule has 89 heavy (non-hydrogen) atoms. The first-order valence-corrected chi connectivity index (χ1v) is 31.1. The van der Waals surface area contributed by atoms with E-state index in [0.29, 0.717) is 29.5 Å². The second-order valence-corrected chi connectivity index (χ2v) is 25.3. The van der Waals surface area contributed by atoms with Crippen LogP contribution in [0.3, 0.4) is 0 Å². The number of phosphoric ester groups is 1. The Morgan fingerprint density at radius 1 is 0.753 bits per heavy atom. The molecule has 5 aromatic rings. The first-order chi connectivity index (χ1) is 42.6. The van der Waals surface area contributed by atoms with Gasteiger partial charge in [-0.1, -0.05) is 148 Å². The molecule has 0 radical (unpaired) electrons. The maximum Gasteiger partial charge on any atom is 0.509 e.